The second kappa shape index (κ2) is 8.84. The van der Waals surface area contributed by atoms with Crippen LogP contribution in [-0.2, 0) is 14.8 Å². The minimum absolute atomic E-state index is 0. The molecule has 1 aromatic rings. The first-order valence-corrected chi connectivity index (χ1v) is 9.24. The van der Waals surface area contributed by atoms with Gasteiger partial charge < -0.3 is 14.8 Å². The Morgan fingerprint density at radius 1 is 1.48 bits per heavy atom. The number of halogens is 1. The summed E-state index contributed by atoms with van der Waals surface area (Å²) in [6, 6.07) is 1.38. The van der Waals surface area contributed by atoms with Gasteiger partial charge in [0, 0.05) is 12.6 Å². The summed E-state index contributed by atoms with van der Waals surface area (Å²) in [5, 5.41) is 3.25. The number of hydrogen-bond donors (Lipinski definition) is 2. The van der Waals surface area contributed by atoms with Crippen LogP contribution in [0.15, 0.2) is 10.3 Å². The van der Waals surface area contributed by atoms with Crippen molar-refractivity contribution >= 4 is 39.7 Å². The molecule has 1 unspecified atom stereocenters. The van der Waals surface area contributed by atoms with E-state index in [1.807, 2.05) is 0 Å². The highest BCUT2D eigenvalue weighted by molar-refractivity contribution is 7.91. The standard InChI is InChI=1S/C13H20N2O5S2.ClH/c1-19-10-7-11(12(16)20-2)21-13(10)22(17,18)15-6-4-9-3-5-14-8-9;/h7,9,14-15H,3-6,8H2,1-2H3;1H. The zero-order valence-electron chi connectivity index (χ0n) is 13.0. The van der Waals surface area contributed by atoms with Crippen molar-refractivity contribution in [2.45, 2.75) is 17.1 Å². The number of carbonyl (C=O) groups is 1. The summed E-state index contributed by atoms with van der Waals surface area (Å²) < 4.78 is 37.0. The molecule has 0 spiro atoms. The molecule has 0 aromatic carbocycles. The lowest BCUT2D eigenvalue weighted by atomic mass is 10.1. The molecule has 1 aromatic heterocycles. The van der Waals surface area contributed by atoms with Crippen molar-refractivity contribution in [3.63, 3.8) is 0 Å². The average Bonchev–Trinajstić information content (AvgIpc) is 3.15. The van der Waals surface area contributed by atoms with E-state index < -0.39 is 16.0 Å². The number of thiophene rings is 1. The van der Waals surface area contributed by atoms with Crippen LogP contribution in [0.2, 0.25) is 0 Å². The number of carbonyl (C=O) groups excluding carboxylic acids is 1. The molecule has 0 bridgehead atoms. The molecule has 1 aliphatic heterocycles. The molecule has 0 radical (unpaired) electrons. The first-order chi connectivity index (χ1) is 10.5. The lowest BCUT2D eigenvalue weighted by molar-refractivity contribution is 0.0606. The first kappa shape index (κ1) is 20.2. The van der Waals surface area contributed by atoms with Crippen molar-refractivity contribution in [1.29, 1.82) is 0 Å². The zero-order chi connectivity index (χ0) is 16.2. The van der Waals surface area contributed by atoms with Gasteiger partial charge in [0.2, 0.25) is 0 Å². The fourth-order valence-electron chi connectivity index (χ4n) is 2.31. The molecule has 132 valence electrons. The molecule has 0 saturated carbocycles. The average molecular weight is 385 g/mol. The second-order valence-electron chi connectivity index (χ2n) is 5.00. The van der Waals surface area contributed by atoms with Crippen LogP contribution >= 0.6 is 23.7 Å². The summed E-state index contributed by atoms with van der Waals surface area (Å²) in [6.45, 7) is 2.28. The molecule has 0 aliphatic carbocycles. The second-order valence-corrected chi connectivity index (χ2v) is 8.02. The summed E-state index contributed by atoms with van der Waals surface area (Å²) in [5.74, 6) is 0.0702. The third kappa shape index (κ3) is 5.05. The van der Waals surface area contributed by atoms with Gasteiger partial charge in [0.25, 0.3) is 10.0 Å². The Kier molecular flexibility index (Phi) is 7.75. The van der Waals surface area contributed by atoms with Gasteiger partial charge in [-0.25, -0.2) is 17.9 Å². The number of hydrogen-bond acceptors (Lipinski definition) is 7. The molecular formula is C13H21ClN2O5S2. The molecule has 2 rings (SSSR count). The molecular weight excluding hydrogens is 364 g/mol. The van der Waals surface area contributed by atoms with Crippen LogP contribution in [0.3, 0.4) is 0 Å². The van der Waals surface area contributed by atoms with E-state index in [2.05, 4.69) is 14.8 Å². The molecule has 2 heterocycles. The number of rotatable bonds is 7. The highest BCUT2D eigenvalue weighted by atomic mass is 35.5. The maximum absolute atomic E-state index is 12.4. The highest BCUT2D eigenvalue weighted by Crippen LogP contribution is 2.33. The predicted octanol–water partition coefficient (Wildman–Crippen LogP) is 1.24. The number of sulfonamides is 1. The van der Waals surface area contributed by atoms with Crippen LogP contribution in [0.1, 0.15) is 22.5 Å². The van der Waals surface area contributed by atoms with Gasteiger partial charge in [-0.1, -0.05) is 0 Å². The molecule has 10 heteroatoms. The number of nitrogens with one attached hydrogen (secondary N) is 2. The molecule has 1 atom stereocenters. The predicted molar refractivity (Wildman–Crippen MR) is 90.2 cm³/mol. The van der Waals surface area contributed by atoms with Crippen LogP contribution < -0.4 is 14.8 Å². The Labute approximate surface area is 146 Å². The normalized spacial score (nSPS) is 17.6. The summed E-state index contributed by atoms with van der Waals surface area (Å²) in [5.41, 5.74) is 0. The third-order valence-electron chi connectivity index (χ3n) is 3.52. The maximum Gasteiger partial charge on any atom is 0.348 e. The van der Waals surface area contributed by atoms with Crippen LogP contribution in [-0.4, -0.2) is 48.2 Å². The Bertz CT molecular complexity index is 626. The van der Waals surface area contributed by atoms with Gasteiger partial charge in [-0.2, -0.15) is 0 Å². The molecule has 1 aliphatic rings. The minimum Gasteiger partial charge on any atom is -0.494 e. The highest BCUT2D eigenvalue weighted by Gasteiger charge is 2.26. The molecule has 1 fully saturated rings. The van der Waals surface area contributed by atoms with E-state index in [-0.39, 0.29) is 27.2 Å². The Morgan fingerprint density at radius 3 is 2.78 bits per heavy atom. The summed E-state index contributed by atoms with van der Waals surface area (Å²) >= 11 is 0.844. The van der Waals surface area contributed by atoms with Crippen molar-refractivity contribution in [2.24, 2.45) is 5.92 Å². The van der Waals surface area contributed by atoms with E-state index in [0.29, 0.717) is 12.5 Å². The monoisotopic (exact) mass is 384 g/mol. The van der Waals surface area contributed by atoms with Crippen molar-refractivity contribution in [3.05, 3.63) is 10.9 Å². The smallest absolute Gasteiger partial charge is 0.348 e. The molecule has 1 saturated heterocycles. The number of ether oxygens (including phenoxy) is 2. The molecule has 23 heavy (non-hydrogen) atoms. The Balaban J connectivity index is 0.00000264. The number of methoxy groups -OCH3 is 2. The van der Waals surface area contributed by atoms with Crippen molar-refractivity contribution < 1.29 is 22.7 Å². The largest absolute Gasteiger partial charge is 0.494 e. The summed E-state index contributed by atoms with van der Waals surface area (Å²) in [6.07, 6.45) is 1.85. The van der Waals surface area contributed by atoms with E-state index in [4.69, 9.17) is 4.74 Å². The Hall–Kier alpha value is -0.870. The van der Waals surface area contributed by atoms with Gasteiger partial charge in [-0.3, -0.25) is 0 Å². The third-order valence-corrected chi connectivity index (χ3v) is 6.60. The van der Waals surface area contributed by atoms with Crippen LogP contribution in [0, 0.1) is 5.92 Å². The molecule has 7 nitrogen and oxygen atoms in total. The molecule has 2 N–H and O–H groups in total. The van der Waals surface area contributed by atoms with Crippen molar-refractivity contribution in [3.8, 4) is 5.75 Å². The van der Waals surface area contributed by atoms with E-state index in [0.717, 1.165) is 37.3 Å². The van der Waals surface area contributed by atoms with Gasteiger partial charge in [-0.15, -0.1) is 23.7 Å². The zero-order valence-corrected chi connectivity index (χ0v) is 15.4. The lowest BCUT2D eigenvalue weighted by Crippen LogP contribution is -2.26. The topological polar surface area (TPSA) is 93.7 Å². The van der Waals surface area contributed by atoms with Gasteiger partial charge in [0.05, 0.1) is 14.2 Å². The van der Waals surface area contributed by atoms with E-state index >= 15 is 0 Å². The van der Waals surface area contributed by atoms with E-state index in [1.165, 1.54) is 20.3 Å². The van der Waals surface area contributed by atoms with Gasteiger partial charge in [-0.05, 0) is 31.8 Å². The van der Waals surface area contributed by atoms with Gasteiger partial charge in [0.15, 0.2) is 9.96 Å². The van der Waals surface area contributed by atoms with Crippen LogP contribution in [0.4, 0.5) is 0 Å². The minimum atomic E-state index is -3.70. The van der Waals surface area contributed by atoms with Crippen LogP contribution in [0.5, 0.6) is 5.75 Å². The quantitative estimate of drug-likeness (QED) is 0.687. The number of esters is 1. The first-order valence-electron chi connectivity index (χ1n) is 6.94. The van der Waals surface area contributed by atoms with Gasteiger partial charge >= 0.3 is 5.97 Å². The van der Waals surface area contributed by atoms with E-state index in [9.17, 15) is 13.2 Å². The summed E-state index contributed by atoms with van der Waals surface area (Å²) in [4.78, 5) is 11.7. The fourth-order valence-corrected chi connectivity index (χ4v) is 4.90. The SMILES string of the molecule is COC(=O)c1cc(OC)c(S(=O)(=O)NCCC2CCNC2)s1.Cl. The Morgan fingerprint density at radius 2 is 2.22 bits per heavy atom. The van der Waals surface area contributed by atoms with E-state index in [1.54, 1.807) is 0 Å². The van der Waals surface area contributed by atoms with Gasteiger partial charge in [0.1, 0.15) is 4.88 Å². The molecule has 0 amide bonds. The maximum atomic E-state index is 12.4. The van der Waals surface area contributed by atoms with Crippen LogP contribution in [0.25, 0.3) is 0 Å². The van der Waals surface area contributed by atoms with Crippen molar-refractivity contribution in [2.75, 3.05) is 33.9 Å². The van der Waals surface area contributed by atoms with Crippen molar-refractivity contribution in [1.82, 2.24) is 10.0 Å². The summed E-state index contributed by atoms with van der Waals surface area (Å²) in [7, 11) is -1.09. The fraction of sp³-hybridized carbons (Fsp3) is 0.615. The lowest BCUT2D eigenvalue weighted by Gasteiger charge is -2.09.